The summed E-state index contributed by atoms with van der Waals surface area (Å²) in [6.07, 6.45) is 8.04. The molecule has 1 aromatic heterocycles. The fourth-order valence-corrected chi connectivity index (χ4v) is 4.27. The molecule has 1 saturated carbocycles. The fraction of sp³-hybridized carbons (Fsp3) is 0.556. The van der Waals surface area contributed by atoms with Gasteiger partial charge in [0.05, 0.1) is 4.70 Å². The molecule has 0 saturated heterocycles. The number of fused-ring (bicyclic) bond motifs is 1. The van der Waals surface area contributed by atoms with Crippen LogP contribution in [0.25, 0.3) is 10.2 Å². The third-order valence-electron chi connectivity index (χ3n) is 4.78. The van der Waals surface area contributed by atoms with Crippen LogP contribution in [0.5, 0.6) is 0 Å². The molecule has 0 aliphatic heterocycles. The second-order valence-electron chi connectivity index (χ2n) is 6.45. The maximum atomic E-state index is 13.7. The number of benzene rings is 1. The maximum absolute atomic E-state index is 13.7. The lowest BCUT2D eigenvalue weighted by molar-refractivity contribution is -0.121. The van der Waals surface area contributed by atoms with Gasteiger partial charge in [0.1, 0.15) is 11.3 Å². The summed E-state index contributed by atoms with van der Waals surface area (Å²) >= 11 is 1.33. The van der Waals surface area contributed by atoms with E-state index in [-0.39, 0.29) is 17.6 Å². The van der Waals surface area contributed by atoms with Gasteiger partial charge in [0.25, 0.3) is 0 Å². The third-order valence-corrected chi connectivity index (χ3v) is 5.72. The zero-order valence-electron chi connectivity index (χ0n) is 13.5. The molecule has 3 nitrogen and oxygen atoms in total. The highest BCUT2D eigenvalue weighted by Gasteiger charge is 2.26. The Morgan fingerprint density at radius 1 is 1.35 bits per heavy atom. The van der Waals surface area contributed by atoms with Gasteiger partial charge in [0, 0.05) is 5.92 Å². The van der Waals surface area contributed by atoms with Gasteiger partial charge in [-0.05, 0) is 43.7 Å². The number of unbranched alkanes of at least 4 members (excludes halogenated alkanes) is 1. The Kier molecular flexibility index (Phi) is 5.26. The van der Waals surface area contributed by atoms with Crippen molar-refractivity contribution in [1.29, 1.82) is 0 Å². The maximum Gasteiger partial charge on any atom is 0.229 e. The van der Waals surface area contributed by atoms with Gasteiger partial charge >= 0.3 is 0 Å². The Bertz CT molecular complexity index is 677. The number of halogens is 1. The van der Waals surface area contributed by atoms with Gasteiger partial charge in [-0.15, -0.1) is 0 Å². The van der Waals surface area contributed by atoms with Gasteiger partial charge in [-0.3, -0.25) is 4.79 Å². The van der Waals surface area contributed by atoms with E-state index in [4.69, 9.17) is 0 Å². The van der Waals surface area contributed by atoms with Crippen LogP contribution in [0.1, 0.15) is 51.9 Å². The number of amides is 1. The third kappa shape index (κ3) is 3.89. The molecule has 0 radical (unpaired) electrons. The minimum absolute atomic E-state index is 0.0402. The number of anilines is 1. The van der Waals surface area contributed by atoms with E-state index in [1.807, 2.05) is 6.07 Å². The smallest absolute Gasteiger partial charge is 0.229 e. The molecule has 1 aromatic carbocycles. The molecule has 0 atom stereocenters. The van der Waals surface area contributed by atoms with Crippen LogP contribution in [0.15, 0.2) is 18.2 Å². The molecule has 1 N–H and O–H groups in total. The Hall–Kier alpha value is -1.49. The van der Waals surface area contributed by atoms with Crippen molar-refractivity contribution in [1.82, 2.24) is 4.98 Å². The molecule has 2 aromatic rings. The van der Waals surface area contributed by atoms with E-state index in [9.17, 15) is 9.18 Å². The van der Waals surface area contributed by atoms with Crippen molar-refractivity contribution in [2.45, 2.75) is 51.9 Å². The number of rotatable bonds is 5. The van der Waals surface area contributed by atoms with Crippen LogP contribution >= 0.6 is 11.3 Å². The largest absolute Gasteiger partial charge is 0.302 e. The number of hydrogen-bond acceptors (Lipinski definition) is 3. The van der Waals surface area contributed by atoms with Gasteiger partial charge < -0.3 is 5.32 Å². The average Bonchev–Trinajstić information content (AvgIpc) is 2.97. The van der Waals surface area contributed by atoms with E-state index >= 15 is 0 Å². The average molecular weight is 334 g/mol. The quantitative estimate of drug-likeness (QED) is 0.798. The first-order valence-corrected chi connectivity index (χ1v) is 9.35. The molecular weight excluding hydrogens is 311 g/mol. The SMILES string of the molecule is CCCCC1CCC(C(=O)Nc2nc3c(F)cccc3s2)CC1. The van der Waals surface area contributed by atoms with Crippen LogP contribution in [0, 0.1) is 17.7 Å². The molecule has 0 bridgehead atoms. The van der Waals surface area contributed by atoms with Crippen LogP contribution in [-0.2, 0) is 4.79 Å². The fourth-order valence-electron chi connectivity index (χ4n) is 3.38. The van der Waals surface area contributed by atoms with E-state index in [2.05, 4.69) is 17.2 Å². The van der Waals surface area contributed by atoms with E-state index in [0.717, 1.165) is 36.3 Å². The highest BCUT2D eigenvalue weighted by molar-refractivity contribution is 7.22. The number of carbonyl (C=O) groups excluding carboxylic acids is 1. The molecule has 3 rings (SSSR count). The summed E-state index contributed by atoms with van der Waals surface area (Å²) in [6, 6.07) is 4.88. The van der Waals surface area contributed by atoms with Gasteiger partial charge in [-0.25, -0.2) is 9.37 Å². The standard InChI is InChI=1S/C18H23FN2OS/c1-2-3-5-12-8-10-13(11-9-12)17(22)21-18-20-16-14(19)6-4-7-15(16)23-18/h4,6-7,12-13H,2-3,5,8-11H2,1H3,(H,20,21,22). The summed E-state index contributed by atoms with van der Waals surface area (Å²) in [6.45, 7) is 2.22. The zero-order valence-corrected chi connectivity index (χ0v) is 14.3. The monoisotopic (exact) mass is 334 g/mol. The number of carbonyl (C=O) groups is 1. The molecule has 0 unspecified atom stereocenters. The summed E-state index contributed by atoms with van der Waals surface area (Å²) in [7, 11) is 0. The molecule has 5 heteroatoms. The lowest BCUT2D eigenvalue weighted by Crippen LogP contribution is -2.27. The van der Waals surface area contributed by atoms with Gasteiger partial charge in [-0.2, -0.15) is 0 Å². The predicted octanol–water partition coefficient (Wildman–Crippen LogP) is 5.37. The van der Waals surface area contributed by atoms with Crippen LogP contribution in [-0.4, -0.2) is 10.9 Å². The molecule has 1 heterocycles. The highest BCUT2D eigenvalue weighted by Crippen LogP contribution is 2.33. The normalized spacial score (nSPS) is 21.5. The van der Waals surface area contributed by atoms with E-state index in [0.29, 0.717) is 10.6 Å². The van der Waals surface area contributed by atoms with Crippen molar-refractivity contribution >= 4 is 32.6 Å². The first-order valence-electron chi connectivity index (χ1n) is 8.53. The van der Waals surface area contributed by atoms with E-state index < -0.39 is 0 Å². The lowest BCUT2D eigenvalue weighted by atomic mass is 9.79. The van der Waals surface area contributed by atoms with Crippen LogP contribution in [0.3, 0.4) is 0 Å². The Morgan fingerprint density at radius 2 is 2.13 bits per heavy atom. The Morgan fingerprint density at radius 3 is 2.83 bits per heavy atom. The minimum atomic E-state index is -0.337. The van der Waals surface area contributed by atoms with Crippen molar-refractivity contribution in [2.75, 3.05) is 5.32 Å². The van der Waals surface area contributed by atoms with Crippen molar-refractivity contribution in [3.05, 3.63) is 24.0 Å². The number of para-hydroxylation sites is 1. The summed E-state index contributed by atoms with van der Waals surface area (Å²) in [5, 5.41) is 3.39. The second kappa shape index (κ2) is 7.39. The number of aromatic nitrogens is 1. The topological polar surface area (TPSA) is 42.0 Å². The van der Waals surface area contributed by atoms with Crippen LogP contribution in [0.4, 0.5) is 9.52 Å². The van der Waals surface area contributed by atoms with E-state index in [1.165, 1.54) is 36.7 Å². The summed E-state index contributed by atoms with van der Waals surface area (Å²) < 4.78 is 14.4. The number of nitrogens with one attached hydrogen (secondary N) is 1. The Balaban J connectivity index is 1.57. The molecule has 1 amide bonds. The summed E-state index contributed by atoms with van der Waals surface area (Å²) in [4.78, 5) is 16.6. The number of thiazole rings is 1. The number of nitrogens with zero attached hydrogens (tertiary/aromatic N) is 1. The first kappa shape index (κ1) is 16.4. The second-order valence-corrected chi connectivity index (χ2v) is 7.49. The first-order chi connectivity index (χ1) is 11.2. The molecule has 23 heavy (non-hydrogen) atoms. The van der Waals surface area contributed by atoms with Gasteiger partial charge in [0.2, 0.25) is 5.91 Å². The Labute approximate surface area is 140 Å². The molecule has 1 aliphatic carbocycles. The predicted molar refractivity (Wildman–Crippen MR) is 93.2 cm³/mol. The molecule has 1 fully saturated rings. The number of hydrogen-bond donors (Lipinski definition) is 1. The lowest BCUT2D eigenvalue weighted by Gasteiger charge is -2.27. The van der Waals surface area contributed by atoms with Crippen molar-refractivity contribution in [3.63, 3.8) is 0 Å². The van der Waals surface area contributed by atoms with Crippen LogP contribution < -0.4 is 5.32 Å². The summed E-state index contributed by atoms with van der Waals surface area (Å²) in [5.74, 6) is 0.564. The zero-order chi connectivity index (χ0) is 16.2. The highest BCUT2D eigenvalue weighted by atomic mass is 32.1. The molecule has 124 valence electrons. The molecular formula is C18H23FN2OS. The van der Waals surface area contributed by atoms with Gasteiger partial charge in [-0.1, -0.05) is 43.6 Å². The summed E-state index contributed by atoms with van der Waals surface area (Å²) in [5.41, 5.74) is 0.344. The molecule has 0 spiro atoms. The van der Waals surface area contributed by atoms with E-state index in [1.54, 1.807) is 6.07 Å². The van der Waals surface area contributed by atoms with Crippen molar-refractivity contribution in [2.24, 2.45) is 11.8 Å². The van der Waals surface area contributed by atoms with Crippen LogP contribution in [0.2, 0.25) is 0 Å². The van der Waals surface area contributed by atoms with Gasteiger partial charge in [0.15, 0.2) is 5.13 Å². The van der Waals surface area contributed by atoms with Crippen molar-refractivity contribution < 1.29 is 9.18 Å². The minimum Gasteiger partial charge on any atom is -0.302 e. The molecule has 1 aliphatic rings. The van der Waals surface area contributed by atoms with Crippen molar-refractivity contribution in [3.8, 4) is 0 Å².